The molecule has 0 unspecified atom stereocenters. The first-order valence-electron chi connectivity index (χ1n) is 4.77. The van der Waals surface area contributed by atoms with Crippen molar-refractivity contribution in [2.75, 3.05) is 11.9 Å². The fourth-order valence-corrected chi connectivity index (χ4v) is 1.63. The monoisotopic (exact) mass is 234 g/mol. The molecule has 1 N–H and O–H groups in total. The minimum Gasteiger partial charge on any atom is -0.365 e. The van der Waals surface area contributed by atoms with Gasteiger partial charge in [-0.25, -0.2) is 9.50 Å². The molecule has 2 rings (SSSR count). The Morgan fingerprint density at radius 2 is 2.31 bits per heavy atom. The molecular weight excluding hydrogens is 224 g/mol. The molecule has 4 nitrogen and oxygen atoms in total. The predicted molar refractivity (Wildman–Crippen MR) is 66.8 cm³/mol. The third kappa shape index (κ3) is 1.79. The largest absolute Gasteiger partial charge is 0.365 e. The molecule has 0 aliphatic rings. The lowest BCUT2D eigenvalue weighted by atomic mass is 10.3. The summed E-state index contributed by atoms with van der Waals surface area (Å²) in [6.07, 6.45) is 6.86. The second kappa shape index (κ2) is 4.37. The van der Waals surface area contributed by atoms with Crippen molar-refractivity contribution in [2.24, 2.45) is 0 Å². The molecule has 0 aliphatic carbocycles. The molecule has 2 aromatic heterocycles. The molecule has 2 heterocycles. The summed E-state index contributed by atoms with van der Waals surface area (Å²) in [4.78, 5) is 4.22. The van der Waals surface area contributed by atoms with Crippen LogP contribution in [0.25, 0.3) is 11.6 Å². The molecule has 0 amide bonds. The van der Waals surface area contributed by atoms with E-state index in [9.17, 15) is 0 Å². The maximum atomic E-state index is 5.89. The van der Waals surface area contributed by atoms with Crippen LogP contribution >= 0.6 is 11.6 Å². The van der Waals surface area contributed by atoms with Crippen LogP contribution in [0.1, 0.15) is 5.56 Å². The maximum Gasteiger partial charge on any atom is 0.154 e. The molecule has 0 aliphatic heterocycles. The first kappa shape index (κ1) is 10.7. The molecule has 0 saturated carbocycles. The van der Waals surface area contributed by atoms with E-state index >= 15 is 0 Å². The van der Waals surface area contributed by atoms with Gasteiger partial charge in [0.15, 0.2) is 5.82 Å². The van der Waals surface area contributed by atoms with Crippen molar-refractivity contribution >= 4 is 29.0 Å². The van der Waals surface area contributed by atoms with Crippen molar-refractivity contribution in [3.8, 4) is 0 Å². The Labute approximate surface area is 98.3 Å². The average Bonchev–Trinajstić information content (AvgIpc) is 2.68. The van der Waals surface area contributed by atoms with Crippen LogP contribution in [0.3, 0.4) is 0 Å². The van der Waals surface area contributed by atoms with E-state index in [0.29, 0.717) is 17.5 Å². The van der Waals surface area contributed by atoms with Crippen molar-refractivity contribution in [3.63, 3.8) is 0 Å². The first-order valence-corrected chi connectivity index (χ1v) is 5.15. The Bertz CT molecular complexity index is 544. The van der Waals surface area contributed by atoms with Crippen molar-refractivity contribution in [2.45, 2.75) is 0 Å². The van der Waals surface area contributed by atoms with Gasteiger partial charge in [0.25, 0.3) is 0 Å². The van der Waals surface area contributed by atoms with Crippen LogP contribution < -0.4 is 5.32 Å². The molecule has 16 heavy (non-hydrogen) atoms. The van der Waals surface area contributed by atoms with Crippen molar-refractivity contribution < 1.29 is 0 Å². The highest BCUT2D eigenvalue weighted by atomic mass is 35.5. The van der Waals surface area contributed by atoms with Crippen molar-refractivity contribution in [1.29, 1.82) is 0 Å². The fourth-order valence-electron chi connectivity index (χ4n) is 1.45. The predicted octanol–water partition coefficient (Wildman–Crippen LogP) is 2.62. The van der Waals surface area contributed by atoms with Gasteiger partial charge in [0.1, 0.15) is 10.7 Å². The standard InChI is InChI=1S/C11H11ClN4/c1-3-5-13-11-10-8(4-2)6-14-16(10)7-9(12)15-11/h3-4,6-7H,1-2,5H2,(H,13,15). The number of nitrogens with one attached hydrogen (secondary N) is 1. The molecule has 0 atom stereocenters. The lowest BCUT2D eigenvalue weighted by Gasteiger charge is -2.06. The van der Waals surface area contributed by atoms with E-state index < -0.39 is 0 Å². The molecule has 0 aromatic carbocycles. The minimum absolute atomic E-state index is 0.387. The van der Waals surface area contributed by atoms with Gasteiger partial charge in [-0.15, -0.1) is 6.58 Å². The third-order valence-corrected chi connectivity index (χ3v) is 2.31. The molecule has 0 spiro atoms. The average molecular weight is 235 g/mol. The van der Waals surface area contributed by atoms with Gasteiger partial charge in [0.2, 0.25) is 0 Å². The molecule has 0 radical (unpaired) electrons. The van der Waals surface area contributed by atoms with Crippen molar-refractivity contribution in [1.82, 2.24) is 14.6 Å². The zero-order valence-electron chi connectivity index (χ0n) is 8.65. The number of rotatable bonds is 4. The normalized spacial score (nSPS) is 10.3. The van der Waals surface area contributed by atoms with Crippen LogP contribution in [0.5, 0.6) is 0 Å². The number of hydrogen-bond acceptors (Lipinski definition) is 3. The summed E-state index contributed by atoms with van der Waals surface area (Å²) in [5.74, 6) is 0.680. The number of aromatic nitrogens is 3. The van der Waals surface area contributed by atoms with E-state index in [1.807, 2.05) is 0 Å². The minimum atomic E-state index is 0.387. The number of halogens is 1. The van der Waals surface area contributed by atoms with Gasteiger partial charge in [-0.1, -0.05) is 30.3 Å². The molecule has 0 fully saturated rings. The van der Waals surface area contributed by atoms with Gasteiger partial charge in [0, 0.05) is 12.1 Å². The molecule has 5 heteroatoms. The lowest BCUT2D eigenvalue weighted by Crippen LogP contribution is -2.03. The van der Waals surface area contributed by atoms with E-state index in [2.05, 4.69) is 28.6 Å². The van der Waals surface area contributed by atoms with E-state index in [1.54, 1.807) is 29.1 Å². The number of hydrogen-bond donors (Lipinski definition) is 1. The summed E-state index contributed by atoms with van der Waals surface area (Å²) < 4.78 is 1.68. The smallest absolute Gasteiger partial charge is 0.154 e. The zero-order chi connectivity index (χ0) is 11.5. The second-order valence-corrected chi connectivity index (χ2v) is 3.57. The van der Waals surface area contributed by atoms with Gasteiger partial charge in [0.05, 0.1) is 12.4 Å². The molecule has 82 valence electrons. The van der Waals surface area contributed by atoms with Crippen LogP contribution in [0, 0.1) is 0 Å². The summed E-state index contributed by atoms with van der Waals surface area (Å²) in [6.45, 7) is 7.99. The Hall–Kier alpha value is -1.81. The van der Waals surface area contributed by atoms with Gasteiger partial charge < -0.3 is 5.32 Å². The Morgan fingerprint density at radius 1 is 1.50 bits per heavy atom. The molecule has 2 aromatic rings. The lowest BCUT2D eigenvalue weighted by molar-refractivity contribution is 0.946. The summed E-state index contributed by atoms with van der Waals surface area (Å²) in [5.41, 5.74) is 1.77. The summed E-state index contributed by atoms with van der Waals surface area (Å²) in [5, 5.41) is 7.68. The second-order valence-electron chi connectivity index (χ2n) is 3.18. The van der Waals surface area contributed by atoms with E-state index in [0.717, 1.165) is 11.1 Å². The van der Waals surface area contributed by atoms with Crippen LogP contribution in [0.2, 0.25) is 5.15 Å². The van der Waals surface area contributed by atoms with Gasteiger partial charge in [-0.3, -0.25) is 0 Å². The van der Waals surface area contributed by atoms with Crippen LogP contribution in [0.15, 0.2) is 31.6 Å². The summed E-state index contributed by atoms with van der Waals surface area (Å²) in [7, 11) is 0. The SMILES string of the molecule is C=CCNc1nc(Cl)cn2ncc(C=C)c12. The first-order chi connectivity index (χ1) is 7.76. The van der Waals surface area contributed by atoms with Crippen LogP contribution in [-0.2, 0) is 0 Å². The molecular formula is C11H11ClN4. The Balaban J connectivity index is 2.62. The van der Waals surface area contributed by atoms with Crippen LogP contribution in [0.4, 0.5) is 5.82 Å². The summed E-state index contributed by atoms with van der Waals surface area (Å²) in [6, 6.07) is 0. The number of fused-ring (bicyclic) bond motifs is 1. The maximum absolute atomic E-state index is 5.89. The van der Waals surface area contributed by atoms with E-state index in [1.165, 1.54) is 0 Å². The topological polar surface area (TPSA) is 42.2 Å². The highest BCUT2D eigenvalue weighted by Crippen LogP contribution is 2.22. The van der Waals surface area contributed by atoms with Crippen LogP contribution in [-0.4, -0.2) is 21.1 Å². The van der Waals surface area contributed by atoms with Gasteiger partial charge in [-0.2, -0.15) is 5.10 Å². The summed E-state index contributed by atoms with van der Waals surface area (Å²) >= 11 is 5.89. The molecule has 0 bridgehead atoms. The highest BCUT2D eigenvalue weighted by molar-refractivity contribution is 6.29. The Morgan fingerprint density at radius 3 is 3.00 bits per heavy atom. The zero-order valence-corrected chi connectivity index (χ0v) is 9.41. The third-order valence-electron chi connectivity index (χ3n) is 2.13. The number of anilines is 1. The van der Waals surface area contributed by atoms with Gasteiger partial charge in [-0.05, 0) is 0 Å². The van der Waals surface area contributed by atoms with Crippen molar-refractivity contribution in [3.05, 3.63) is 42.3 Å². The number of nitrogens with zero attached hydrogens (tertiary/aromatic N) is 3. The van der Waals surface area contributed by atoms with E-state index in [4.69, 9.17) is 11.6 Å². The molecule has 0 saturated heterocycles. The fraction of sp³-hybridized carbons (Fsp3) is 0.0909. The Kier molecular flexibility index (Phi) is 2.92. The quantitative estimate of drug-likeness (QED) is 0.827. The highest BCUT2D eigenvalue weighted by Gasteiger charge is 2.09. The van der Waals surface area contributed by atoms with E-state index in [-0.39, 0.29) is 0 Å². The van der Waals surface area contributed by atoms with Gasteiger partial charge >= 0.3 is 0 Å².